The molecule has 0 saturated heterocycles. The molecule has 1 aromatic carbocycles. The highest BCUT2D eigenvalue weighted by molar-refractivity contribution is 6.00. The molecule has 106 valence electrons. The second-order valence-corrected chi connectivity index (χ2v) is 4.20. The van der Waals surface area contributed by atoms with Crippen molar-refractivity contribution in [1.29, 1.82) is 0 Å². The second-order valence-electron chi connectivity index (χ2n) is 4.20. The molecule has 0 saturated carbocycles. The Kier molecular flexibility index (Phi) is 3.83. The van der Waals surface area contributed by atoms with E-state index >= 15 is 0 Å². The molecular weight excluding hydrogens is 265 g/mol. The number of nitrogens with one attached hydrogen (secondary N) is 1. The number of carboxylic acids is 1. The topological polar surface area (TPSA) is 106 Å². The minimum Gasteiger partial charge on any atom is -0.478 e. The third-order valence-corrected chi connectivity index (χ3v) is 2.72. The second kappa shape index (κ2) is 5.55. The highest BCUT2D eigenvalue weighted by Gasteiger charge is 2.17. The van der Waals surface area contributed by atoms with Crippen LogP contribution in [0.1, 0.15) is 16.2 Å². The van der Waals surface area contributed by atoms with Gasteiger partial charge in [0.25, 0.3) is 0 Å². The van der Waals surface area contributed by atoms with Gasteiger partial charge in [-0.05, 0) is 12.1 Å². The summed E-state index contributed by atoms with van der Waals surface area (Å²) in [5.41, 5.74) is 5.08. The smallest absolute Gasteiger partial charge is 0.340 e. The van der Waals surface area contributed by atoms with E-state index in [-0.39, 0.29) is 16.9 Å². The Labute approximate surface area is 114 Å². The molecule has 0 bridgehead atoms. The van der Waals surface area contributed by atoms with Crippen molar-refractivity contribution in [2.24, 2.45) is 7.05 Å². The standard InChI is InChI=1S/C12H14FN5O2/c1-18-6-16-9(17-18)4-5-15-8-3-2-7(13)11(14)10(8)12(19)20/h2-3,6,15H,4-5,14H2,1H3,(H,19,20). The van der Waals surface area contributed by atoms with Crippen LogP contribution in [0.2, 0.25) is 0 Å². The van der Waals surface area contributed by atoms with Crippen molar-refractivity contribution < 1.29 is 14.3 Å². The summed E-state index contributed by atoms with van der Waals surface area (Å²) in [5, 5.41) is 16.1. The third kappa shape index (κ3) is 2.85. The summed E-state index contributed by atoms with van der Waals surface area (Å²) in [6.45, 7) is 0.412. The van der Waals surface area contributed by atoms with E-state index in [1.807, 2.05) is 0 Å². The van der Waals surface area contributed by atoms with Crippen LogP contribution < -0.4 is 11.1 Å². The molecule has 2 aromatic rings. The average Bonchev–Trinajstić information content (AvgIpc) is 2.79. The molecule has 0 fully saturated rings. The van der Waals surface area contributed by atoms with Gasteiger partial charge >= 0.3 is 5.97 Å². The van der Waals surface area contributed by atoms with E-state index in [0.29, 0.717) is 18.8 Å². The van der Waals surface area contributed by atoms with E-state index in [0.717, 1.165) is 6.07 Å². The van der Waals surface area contributed by atoms with Crippen molar-refractivity contribution in [2.45, 2.75) is 6.42 Å². The number of rotatable bonds is 5. The number of aryl methyl sites for hydroxylation is 1. The predicted octanol–water partition coefficient (Wildman–Crippen LogP) is 0.889. The lowest BCUT2D eigenvalue weighted by atomic mass is 10.1. The van der Waals surface area contributed by atoms with Crippen LogP contribution in [0.25, 0.3) is 0 Å². The first-order valence-corrected chi connectivity index (χ1v) is 5.88. The van der Waals surface area contributed by atoms with Crippen molar-refractivity contribution in [3.63, 3.8) is 0 Å². The van der Waals surface area contributed by atoms with Gasteiger partial charge in [0.1, 0.15) is 17.7 Å². The number of benzene rings is 1. The molecule has 0 aliphatic heterocycles. The van der Waals surface area contributed by atoms with Gasteiger partial charge in [-0.1, -0.05) is 0 Å². The average molecular weight is 279 g/mol. The fourth-order valence-corrected chi connectivity index (χ4v) is 1.78. The van der Waals surface area contributed by atoms with Crippen LogP contribution >= 0.6 is 0 Å². The maximum Gasteiger partial charge on any atom is 0.340 e. The van der Waals surface area contributed by atoms with Crippen LogP contribution in [-0.2, 0) is 13.5 Å². The summed E-state index contributed by atoms with van der Waals surface area (Å²) in [7, 11) is 1.76. The Morgan fingerprint density at radius 2 is 2.30 bits per heavy atom. The van der Waals surface area contributed by atoms with E-state index in [1.165, 1.54) is 6.07 Å². The first kappa shape index (κ1) is 13.8. The van der Waals surface area contributed by atoms with Gasteiger partial charge in [-0.3, -0.25) is 4.68 Å². The largest absolute Gasteiger partial charge is 0.478 e. The van der Waals surface area contributed by atoms with Gasteiger partial charge < -0.3 is 16.2 Å². The molecule has 7 nitrogen and oxygen atoms in total. The molecular formula is C12H14FN5O2. The lowest BCUT2D eigenvalue weighted by Gasteiger charge is -2.11. The molecule has 8 heteroatoms. The molecule has 4 N–H and O–H groups in total. The van der Waals surface area contributed by atoms with Crippen molar-refractivity contribution in [3.8, 4) is 0 Å². The summed E-state index contributed by atoms with van der Waals surface area (Å²) in [6.07, 6.45) is 2.09. The van der Waals surface area contributed by atoms with Gasteiger partial charge in [-0.25, -0.2) is 14.2 Å². The molecule has 0 radical (unpaired) electrons. The molecule has 1 aromatic heterocycles. The fraction of sp³-hybridized carbons (Fsp3) is 0.250. The number of aromatic nitrogens is 3. The van der Waals surface area contributed by atoms with Gasteiger partial charge in [-0.15, -0.1) is 0 Å². The SMILES string of the molecule is Cn1cnc(CCNc2ccc(F)c(N)c2C(=O)O)n1. The van der Waals surface area contributed by atoms with E-state index in [2.05, 4.69) is 15.4 Å². The molecule has 2 rings (SSSR count). The molecule has 20 heavy (non-hydrogen) atoms. The number of hydrogen-bond donors (Lipinski definition) is 3. The predicted molar refractivity (Wildman–Crippen MR) is 71.0 cm³/mol. The van der Waals surface area contributed by atoms with Crippen molar-refractivity contribution >= 4 is 17.3 Å². The van der Waals surface area contributed by atoms with E-state index in [4.69, 9.17) is 10.8 Å². The zero-order valence-electron chi connectivity index (χ0n) is 10.8. The van der Waals surface area contributed by atoms with Crippen LogP contribution in [0.15, 0.2) is 18.5 Å². The Balaban J connectivity index is 2.09. The quantitative estimate of drug-likeness (QED) is 0.702. The number of halogens is 1. The Morgan fingerprint density at radius 1 is 1.55 bits per heavy atom. The minimum absolute atomic E-state index is 0.265. The van der Waals surface area contributed by atoms with Gasteiger partial charge in [0.2, 0.25) is 0 Å². The lowest BCUT2D eigenvalue weighted by molar-refractivity contribution is 0.0698. The molecule has 0 amide bonds. The normalized spacial score (nSPS) is 10.5. The molecule has 0 aliphatic carbocycles. The summed E-state index contributed by atoms with van der Waals surface area (Å²) in [4.78, 5) is 15.2. The molecule has 0 unspecified atom stereocenters. The lowest BCUT2D eigenvalue weighted by Crippen LogP contribution is -2.13. The van der Waals surface area contributed by atoms with Crippen LogP contribution in [0, 0.1) is 5.82 Å². The maximum atomic E-state index is 13.3. The van der Waals surface area contributed by atoms with Gasteiger partial charge in [-0.2, -0.15) is 5.10 Å². The number of aromatic carboxylic acids is 1. The highest BCUT2D eigenvalue weighted by atomic mass is 19.1. The Bertz CT molecular complexity index is 641. The summed E-state index contributed by atoms with van der Waals surface area (Å²) in [6, 6.07) is 2.48. The van der Waals surface area contributed by atoms with Crippen LogP contribution in [0.5, 0.6) is 0 Å². The summed E-state index contributed by atoms with van der Waals surface area (Å²) in [5.74, 6) is -1.40. The zero-order chi connectivity index (χ0) is 14.7. The van der Waals surface area contributed by atoms with E-state index in [1.54, 1.807) is 18.1 Å². The Hall–Kier alpha value is -2.64. The molecule has 0 atom stereocenters. The number of hydrogen-bond acceptors (Lipinski definition) is 5. The van der Waals surface area contributed by atoms with Crippen molar-refractivity contribution in [2.75, 3.05) is 17.6 Å². The fourth-order valence-electron chi connectivity index (χ4n) is 1.78. The molecule has 0 spiro atoms. The monoisotopic (exact) mass is 279 g/mol. The molecule has 0 aliphatic rings. The molecule has 1 heterocycles. The summed E-state index contributed by atoms with van der Waals surface area (Å²) >= 11 is 0. The number of nitrogens with two attached hydrogens (primary N) is 1. The number of anilines is 2. The number of carboxylic acid groups (broad SMARTS) is 1. The zero-order valence-corrected chi connectivity index (χ0v) is 10.8. The third-order valence-electron chi connectivity index (χ3n) is 2.72. The van der Waals surface area contributed by atoms with E-state index in [9.17, 15) is 9.18 Å². The van der Waals surface area contributed by atoms with Gasteiger partial charge in [0.05, 0.1) is 11.4 Å². The summed E-state index contributed by atoms with van der Waals surface area (Å²) < 4.78 is 14.8. The highest BCUT2D eigenvalue weighted by Crippen LogP contribution is 2.25. The Morgan fingerprint density at radius 3 is 2.90 bits per heavy atom. The van der Waals surface area contributed by atoms with Crippen molar-refractivity contribution in [3.05, 3.63) is 35.7 Å². The minimum atomic E-state index is -1.28. The van der Waals surface area contributed by atoms with Crippen LogP contribution in [0.4, 0.5) is 15.8 Å². The number of nitrogens with zero attached hydrogens (tertiary/aromatic N) is 3. The van der Waals surface area contributed by atoms with Crippen molar-refractivity contribution in [1.82, 2.24) is 14.8 Å². The maximum absolute atomic E-state index is 13.3. The van der Waals surface area contributed by atoms with Gasteiger partial charge in [0, 0.05) is 20.0 Å². The van der Waals surface area contributed by atoms with E-state index < -0.39 is 11.8 Å². The van der Waals surface area contributed by atoms with Crippen LogP contribution in [-0.4, -0.2) is 32.4 Å². The first-order chi connectivity index (χ1) is 9.49. The van der Waals surface area contributed by atoms with Crippen LogP contribution in [0.3, 0.4) is 0 Å². The van der Waals surface area contributed by atoms with Gasteiger partial charge in [0.15, 0.2) is 5.82 Å². The number of carbonyl (C=O) groups is 1. The number of nitrogen functional groups attached to an aromatic ring is 1. The first-order valence-electron chi connectivity index (χ1n) is 5.88.